The highest BCUT2D eigenvalue weighted by atomic mass is 79.9. The van der Waals surface area contributed by atoms with Gasteiger partial charge in [-0.05, 0) is 46.8 Å². The molecule has 0 aromatic heterocycles. The third-order valence-corrected chi connectivity index (χ3v) is 4.64. The molecular formula is C15H21BrClFN2O. The van der Waals surface area contributed by atoms with Gasteiger partial charge in [0.25, 0.3) is 5.91 Å². The first kappa shape index (κ1) is 18.4. The molecule has 1 aromatic carbocycles. The Morgan fingerprint density at radius 3 is 2.62 bits per heavy atom. The molecule has 3 N–H and O–H groups in total. The van der Waals surface area contributed by atoms with Crippen LogP contribution in [0, 0.1) is 11.7 Å². The predicted octanol–water partition coefficient (Wildman–Crippen LogP) is 3.65. The number of benzene rings is 1. The Labute approximate surface area is 139 Å². The van der Waals surface area contributed by atoms with E-state index < -0.39 is 11.7 Å². The van der Waals surface area contributed by atoms with Crippen LogP contribution in [0.4, 0.5) is 4.39 Å². The summed E-state index contributed by atoms with van der Waals surface area (Å²) in [4.78, 5) is 12.3. The lowest BCUT2D eigenvalue weighted by molar-refractivity contribution is 0.0910. The highest BCUT2D eigenvalue weighted by Gasteiger charge is 2.25. The zero-order valence-corrected chi connectivity index (χ0v) is 14.2. The molecule has 0 heterocycles. The number of hydrogen-bond donors (Lipinski definition) is 2. The second-order valence-electron chi connectivity index (χ2n) is 5.31. The number of rotatable bonds is 4. The molecule has 0 radical (unpaired) electrons. The number of amides is 1. The van der Waals surface area contributed by atoms with E-state index in [9.17, 15) is 9.18 Å². The van der Waals surface area contributed by atoms with Gasteiger partial charge in [0.05, 0.1) is 5.56 Å². The summed E-state index contributed by atoms with van der Waals surface area (Å²) in [5.74, 6) is -0.504. The summed E-state index contributed by atoms with van der Waals surface area (Å²) in [5.41, 5.74) is 5.84. The van der Waals surface area contributed by atoms with Crippen LogP contribution in [0.1, 0.15) is 42.5 Å². The third kappa shape index (κ3) is 4.66. The van der Waals surface area contributed by atoms with E-state index in [0.29, 0.717) is 16.9 Å². The zero-order chi connectivity index (χ0) is 14.5. The number of carbonyl (C=O) groups excluding carboxylic acids is 1. The van der Waals surface area contributed by atoms with Gasteiger partial charge >= 0.3 is 0 Å². The number of carbonyl (C=O) groups is 1. The Morgan fingerprint density at radius 2 is 2.05 bits per heavy atom. The normalized spacial score (nSPS) is 16.9. The fourth-order valence-electron chi connectivity index (χ4n) is 2.86. The van der Waals surface area contributed by atoms with E-state index in [1.807, 2.05) is 0 Å². The Hall–Kier alpha value is -0.650. The highest BCUT2D eigenvalue weighted by molar-refractivity contribution is 9.10. The molecule has 1 aromatic rings. The van der Waals surface area contributed by atoms with E-state index in [1.165, 1.54) is 25.3 Å². The second kappa shape index (κ2) is 8.71. The van der Waals surface area contributed by atoms with Crippen molar-refractivity contribution >= 4 is 34.2 Å². The van der Waals surface area contributed by atoms with Crippen molar-refractivity contribution in [2.45, 2.75) is 38.1 Å². The summed E-state index contributed by atoms with van der Waals surface area (Å²) in [7, 11) is 0. The van der Waals surface area contributed by atoms with Gasteiger partial charge in [-0.1, -0.05) is 25.3 Å². The van der Waals surface area contributed by atoms with E-state index >= 15 is 0 Å². The summed E-state index contributed by atoms with van der Waals surface area (Å²) in [6, 6.07) is 4.44. The lowest BCUT2D eigenvalue weighted by Crippen LogP contribution is -2.46. The molecule has 0 spiro atoms. The number of nitrogens with two attached hydrogens (primary N) is 1. The van der Waals surface area contributed by atoms with Gasteiger partial charge in [-0.25, -0.2) is 4.39 Å². The maximum absolute atomic E-state index is 13.8. The first-order chi connectivity index (χ1) is 9.63. The monoisotopic (exact) mass is 378 g/mol. The Morgan fingerprint density at radius 1 is 1.38 bits per heavy atom. The predicted molar refractivity (Wildman–Crippen MR) is 88.2 cm³/mol. The first-order valence-corrected chi connectivity index (χ1v) is 7.87. The van der Waals surface area contributed by atoms with Crippen molar-refractivity contribution in [3.63, 3.8) is 0 Å². The van der Waals surface area contributed by atoms with Crippen LogP contribution in [0.5, 0.6) is 0 Å². The Kier molecular flexibility index (Phi) is 7.63. The molecule has 2 rings (SSSR count). The SMILES string of the molecule is Cl.NCC(NC(=O)c1c(F)cccc1Br)C1CCCCC1. The molecule has 1 aliphatic carbocycles. The van der Waals surface area contributed by atoms with E-state index in [-0.39, 0.29) is 24.0 Å². The second-order valence-corrected chi connectivity index (χ2v) is 6.16. The highest BCUT2D eigenvalue weighted by Crippen LogP contribution is 2.27. The van der Waals surface area contributed by atoms with Gasteiger partial charge in [-0.15, -0.1) is 12.4 Å². The quantitative estimate of drug-likeness (QED) is 0.839. The van der Waals surface area contributed by atoms with Gasteiger partial charge in [0.2, 0.25) is 0 Å². The molecule has 1 saturated carbocycles. The van der Waals surface area contributed by atoms with Crippen LogP contribution in [-0.4, -0.2) is 18.5 Å². The van der Waals surface area contributed by atoms with Crippen LogP contribution in [0.25, 0.3) is 0 Å². The minimum absolute atomic E-state index is 0. The molecule has 0 saturated heterocycles. The summed E-state index contributed by atoms with van der Waals surface area (Å²) in [6.45, 7) is 0.391. The molecule has 1 unspecified atom stereocenters. The van der Waals surface area contributed by atoms with Crippen LogP contribution in [0.2, 0.25) is 0 Å². The fraction of sp³-hybridized carbons (Fsp3) is 0.533. The van der Waals surface area contributed by atoms with Gasteiger partial charge in [-0.2, -0.15) is 0 Å². The van der Waals surface area contributed by atoms with Gasteiger partial charge in [-0.3, -0.25) is 4.79 Å². The van der Waals surface area contributed by atoms with Gasteiger partial charge in [0.15, 0.2) is 0 Å². The molecule has 0 aliphatic heterocycles. The Bertz CT molecular complexity index is 460. The van der Waals surface area contributed by atoms with Crippen LogP contribution in [0.3, 0.4) is 0 Å². The molecule has 1 atom stereocenters. The van der Waals surface area contributed by atoms with Crippen LogP contribution in [-0.2, 0) is 0 Å². The summed E-state index contributed by atoms with van der Waals surface area (Å²) < 4.78 is 14.2. The topological polar surface area (TPSA) is 55.1 Å². The van der Waals surface area contributed by atoms with Crippen molar-refractivity contribution in [3.05, 3.63) is 34.1 Å². The molecule has 0 bridgehead atoms. The van der Waals surface area contributed by atoms with E-state index in [4.69, 9.17) is 5.73 Å². The number of hydrogen-bond acceptors (Lipinski definition) is 2. The van der Waals surface area contributed by atoms with E-state index in [1.54, 1.807) is 12.1 Å². The van der Waals surface area contributed by atoms with Crippen molar-refractivity contribution < 1.29 is 9.18 Å². The van der Waals surface area contributed by atoms with Crippen LogP contribution in [0.15, 0.2) is 22.7 Å². The van der Waals surface area contributed by atoms with Crippen molar-refractivity contribution in [1.29, 1.82) is 0 Å². The largest absolute Gasteiger partial charge is 0.348 e. The van der Waals surface area contributed by atoms with Gasteiger partial charge in [0.1, 0.15) is 5.82 Å². The Balaban J connectivity index is 0.00000220. The standard InChI is InChI=1S/C15H20BrFN2O.ClH/c16-11-7-4-8-12(17)14(11)15(20)19-13(9-18)10-5-2-1-3-6-10;/h4,7-8,10,13H,1-3,5-6,9,18H2,(H,19,20);1H. The average molecular weight is 380 g/mol. The minimum atomic E-state index is -0.517. The molecular weight excluding hydrogens is 359 g/mol. The van der Waals surface area contributed by atoms with Crippen molar-refractivity contribution in [1.82, 2.24) is 5.32 Å². The maximum Gasteiger partial charge on any atom is 0.255 e. The lowest BCUT2D eigenvalue weighted by atomic mass is 9.84. The molecule has 1 aliphatic rings. The van der Waals surface area contributed by atoms with E-state index in [0.717, 1.165) is 12.8 Å². The molecule has 21 heavy (non-hydrogen) atoms. The van der Waals surface area contributed by atoms with Crippen LogP contribution >= 0.6 is 28.3 Å². The third-order valence-electron chi connectivity index (χ3n) is 3.98. The summed E-state index contributed by atoms with van der Waals surface area (Å²) in [5, 5.41) is 2.90. The summed E-state index contributed by atoms with van der Waals surface area (Å²) in [6.07, 6.45) is 5.78. The summed E-state index contributed by atoms with van der Waals surface area (Å²) >= 11 is 3.22. The average Bonchev–Trinajstić information content (AvgIpc) is 2.45. The van der Waals surface area contributed by atoms with Gasteiger partial charge < -0.3 is 11.1 Å². The van der Waals surface area contributed by atoms with E-state index in [2.05, 4.69) is 21.2 Å². The smallest absolute Gasteiger partial charge is 0.255 e. The molecule has 1 fully saturated rings. The van der Waals surface area contributed by atoms with Crippen molar-refractivity contribution in [3.8, 4) is 0 Å². The first-order valence-electron chi connectivity index (χ1n) is 7.08. The maximum atomic E-state index is 13.8. The zero-order valence-electron chi connectivity index (χ0n) is 11.8. The molecule has 118 valence electrons. The molecule has 3 nitrogen and oxygen atoms in total. The number of halogens is 3. The molecule has 6 heteroatoms. The van der Waals surface area contributed by atoms with Gasteiger partial charge in [0, 0.05) is 17.1 Å². The fourth-order valence-corrected chi connectivity index (χ4v) is 3.38. The molecule has 1 amide bonds. The van der Waals surface area contributed by atoms with Crippen molar-refractivity contribution in [2.75, 3.05) is 6.54 Å². The minimum Gasteiger partial charge on any atom is -0.348 e. The van der Waals surface area contributed by atoms with Crippen LogP contribution < -0.4 is 11.1 Å². The number of nitrogens with one attached hydrogen (secondary N) is 1. The van der Waals surface area contributed by atoms with Crippen molar-refractivity contribution in [2.24, 2.45) is 11.7 Å². The lowest BCUT2D eigenvalue weighted by Gasteiger charge is -2.30.